The van der Waals surface area contributed by atoms with Gasteiger partial charge in [-0.15, -0.1) is 11.6 Å². The minimum Gasteiger partial charge on any atom is -0.245 e. The van der Waals surface area contributed by atoms with E-state index in [0.717, 1.165) is 0 Å². The SMILES string of the molecule is CC(C)(Cl)C(=O)OOC(=O)c1ccccc1. The Balaban J connectivity index is 2.52. The predicted octanol–water partition coefficient (Wildman–Crippen LogP) is 2.32. The maximum Gasteiger partial charge on any atom is 0.386 e. The van der Waals surface area contributed by atoms with Gasteiger partial charge >= 0.3 is 11.9 Å². The summed E-state index contributed by atoms with van der Waals surface area (Å²) in [5.74, 6) is -1.56. The van der Waals surface area contributed by atoms with Gasteiger partial charge in [-0.1, -0.05) is 18.2 Å². The van der Waals surface area contributed by atoms with Crippen LogP contribution in [0.25, 0.3) is 0 Å². The van der Waals surface area contributed by atoms with Crippen molar-refractivity contribution in [2.75, 3.05) is 0 Å². The Morgan fingerprint density at radius 3 is 2.19 bits per heavy atom. The summed E-state index contributed by atoms with van der Waals surface area (Å²) in [6.07, 6.45) is 0. The lowest BCUT2D eigenvalue weighted by Crippen LogP contribution is -2.28. The molecule has 0 unspecified atom stereocenters. The van der Waals surface area contributed by atoms with Crippen LogP contribution < -0.4 is 0 Å². The first-order chi connectivity index (χ1) is 7.41. The maximum atomic E-state index is 11.3. The van der Waals surface area contributed by atoms with Gasteiger partial charge in [-0.3, -0.25) is 0 Å². The Labute approximate surface area is 98.0 Å². The zero-order valence-electron chi connectivity index (χ0n) is 8.90. The Morgan fingerprint density at radius 1 is 1.12 bits per heavy atom. The van der Waals surface area contributed by atoms with Crippen LogP contribution in [0.2, 0.25) is 0 Å². The van der Waals surface area contributed by atoms with Crippen molar-refractivity contribution in [3.8, 4) is 0 Å². The molecule has 0 amide bonds. The molecule has 0 aliphatic heterocycles. The van der Waals surface area contributed by atoms with E-state index in [-0.39, 0.29) is 0 Å². The number of hydrogen-bond acceptors (Lipinski definition) is 4. The summed E-state index contributed by atoms with van der Waals surface area (Å²) in [5, 5.41) is 0. The smallest absolute Gasteiger partial charge is 0.245 e. The zero-order valence-corrected chi connectivity index (χ0v) is 9.65. The quantitative estimate of drug-likeness (QED) is 0.454. The first kappa shape index (κ1) is 12.5. The van der Waals surface area contributed by atoms with Crippen LogP contribution in [0.1, 0.15) is 24.2 Å². The number of alkyl halides is 1. The largest absolute Gasteiger partial charge is 0.386 e. The first-order valence-corrected chi connectivity index (χ1v) is 4.96. The van der Waals surface area contributed by atoms with E-state index >= 15 is 0 Å². The highest BCUT2D eigenvalue weighted by molar-refractivity contribution is 6.33. The Bertz CT molecular complexity index is 381. The first-order valence-electron chi connectivity index (χ1n) is 4.58. The molecule has 4 nitrogen and oxygen atoms in total. The van der Waals surface area contributed by atoms with Crippen molar-refractivity contribution in [2.45, 2.75) is 18.7 Å². The lowest BCUT2D eigenvalue weighted by Gasteiger charge is -2.11. The van der Waals surface area contributed by atoms with Crippen molar-refractivity contribution in [3.63, 3.8) is 0 Å². The van der Waals surface area contributed by atoms with E-state index < -0.39 is 16.8 Å². The number of carbonyl (C=O) groups excluding carboxylic acids is 2. The molecule has 1 rings (SSSR count). The van der Waals surface area contributed by atoms with Gasteiger partial charge in [0.15, 0.2) is 0 Å². The molecule has 0 spiro atoms. The van der Waals surface area contributed by atoms with Crippen LogP contribution >= 0.6 is 11.6 Å². The minimum absolute atomic E-state index is 0.294. The van der Waals surface area contributed by atoms with Crippen LogP contribution in [-0.2, 0) is 14.6 Å². The molecule has 0 saturated heterocycles. The predicted molar refractivity (Wildman–Crippen MR) is 57.9 cm³/mol. The molecular weight excluding hydrogens is 232 g/mol. The van der Waals surface area contributed by atoms with Gasteiger partial charge < -0.3 is 0 Å². The van der Waals surface area contributed by atoms with Crippen LogP contribution in [0.5, 0.6) is 0 Å². The van der Waals surface area contributed by atoms with E-state index in [4.69, 9.17) is 11.6 Å². The van der Waals surface area contributed by atoms with Gasteiger partial charge in [-0.2, -0.15) is 0 Å². The number of benzene rings is 1. The van der Waals surface area contributed by atoms with Gasteiger partial charge in [0.05, 0.1) is 5.56 Å². The van der Waals surface area contributed by atoms with Crippen LogP contribution in [0.3, 0.4) is 0 Å². The molecule has 0 heterocycles. The van der Waals surface area contributed by atoms with Gasteiger partial charge in [0.2, 0.25) is 0 Å². The Hall–Kier alpha value is -1.55. The third-order valence-corrected chi connectivity index (χ3v) is 1.84. The summed E-state index contributed by atoms with van der Waals surface area (Å²) in [6.45, 7) is 2.88. The summed E-state index contributed by atoms with van der Waals surface area (Å²) in [6, 6.07) is 8.18. The van der Waals surface area contributed by atoms with Gasteiger partial charge in [-0.25, -0.2) is 19.4 Å². The Kier molecular flexibility index (Phi) is 3.90. The average molecular weight is 243 g/mol. The number of hydrogen-bond donors (Lipinski definition) is 0. The zero-order chi connectivity index (χ0) is 12.2. The van der Waals surface area contributed by atoms with E-state index in [1.54, 1.807) is 30.3 Å². The van der Waals surface area contributed by atoms with Crippen LogP contribution in [0, 0.1) is 0 Å². The molecule has 1 aromatic carbocycles. The summed E-state index contributed by atoms with van der Waals surface area (Å²) >= 11 is 5.65. The average Bonchev–Trinajstić information content (AvgIpc) is 2.25. The maximum absolute atomic E-state index is 11.3. The molecule has 0 radical (unpaired) electrons. The third kappa shape index (κ3) is 3.55. The molecule has 16 heavy (non-hydrogen) atoms. The lowest BCUT2D eigenvalue weighted by molar-refractivity contribution is -0.236. The van der Waals surface area contributed by atoms with E-state index in [1.807, 2.05) is 0 Å². The van der Waals surface area contributed by atoms with Crippen LogP contribution in [-0.4, -0.2) is 16.8 Å². The second-order valence-electron chi connectivity index (χ2n) is 3.58. The van der Waals surface area contributed by atoms with Gasteiger partial charge in [-0.05, 0) is 26.0 Å². The summed E-state index contributed by atoms with van der Waals surface area (Å²) in [4.78, 5) is 29.9. The highest BCUT2D eigenvalue weighted by Crippen LogP contribution is 2.15. The van der Waals surface area contributed by atoms with Crippen molar-refractivity contribution in [3.05, 3.63) is 35.9 Å². The number of halogens is 1. The summed E-state index contributed by atoms with van der Waals surface area (Å²) in [5.41, 5.74) is 0.294. The highest BCUT2D eigenvalue weighted by atomic mass is 35.5. The molecule has 0 saturated carbocycles. The summed E-state index contributed by atoms with van der Waals surface area (Å²) < 4.78 is 0. The van der Waals surface area contributed by atoms with Crippen molar-refractivity contribution >= 4 is 23.5 Å². The molecule has 5 heteroatoms. The van der Waals surface area contributed by atoms with E-state index in [1.165, 1.54) is 13.8 Å². The monoisotopic (exact) mass is 242 g/mol. The lowest BCUT2D eigenvalue weighted by atomic mass is 10.2. The normalized spacial score (nSPS) is 10.7. The van der Waals surface area contributed by atoms with E-state index in [9.17, 15) is 9.59 Å². The van der Waals surface area contributed by atoms with Gasteiger partial charge in [0.25, 0.3) is 0 Å². The minimum atomic E-state index is -1.23. The molecule has 1 aromatic rings. The molecule has 0 aromatic heterocycles. The van der Waals surface area contributed by atoms with Crippen molar-refractivity contribution in [2.24, 2.45) is 0 Å². The fourth-order valence-corrected chi connectivity index (χ4v) is 0.829. The molecule has 0 aliphatic rings. The second kappa shape index (κ2) is 4.99. The summed E-state index contributed by atoms with van der Waals surface area (Å²) in [7, 11) is 0. The van der Waals surface area contributed by atoms with E-state index in [2.05, 4.69) is 9.78 Å². The number of rotatable bonds is 2. The fraction of sp³-hybridized carbons (Fsp3) is 0.273. The highest BCUT2D eigenvalue weighted by Gasteiger charge is 2.28. The number of carbonyl (C=O) groups is 2. The second-order valence-corrected chi connectivity index (χ2v) is 4.52. The van der Waals surface area contributed by atoms with Gasteiger partial charge in [0, 0.05) is 0 Å². The Morgan fingerprint density at radius 2 is 1.69 bits per heavy atom. The van der Waals surface area contributed by atoms with Crippen molar-refractivity contribution < 1.29 is 19.4 Å². The third-order valence-electron chi connectivity index (χ3n) is 1.69. The molecule has 0 bridgehead atoms. The molecule has 0 N–H and O–H groups in total. The molecule has 0 atom stereocenters. The van der Waals surface area contributed by atoms with Crippen molar-refractivity contribution in [1.29, 1.82) is 0 Å². The van der Waals surface area contributed by atoms with Crippen molar-refractivity contribution in [1.82, 2.24) is 0 Å². The van der Waals surface area contributed by atoms with Gasteiger partial charge in [0.1, 0.15) is 4.87 Å². The topological polar surface area (TPSA) is 52.6 Å². The van der Waals surface area contributed by atoms with E-state index in [0.29, 0.717) is 5.56 Å². The molecule has 0 fully saturated rings. The molecular formula is C11H11ClO4. The molecule has 86 valence electrons. The van der Waals surface area contributed by atoms with Crippen LogP contribution in [0.15, 0.2) is 30.3 Å². The molecule has 0 aliphatic carbocycles. The standard InChI is InChI=1S/C11H11ClO4/c1-11(2,12)10(14)16-15-9(13)8-6-4-3-5-7-8/h3-7H,1-2H3. The van der Waals surface area contributed by atoms with Crippen LogP contribution in [0.4, 0.5) is 0 Å². The fourth-order valence-electron chi connectivity index (χ4n) is 0.797.